The molecule has 0 spiro atoms. The maximum absolute atomic E-state index is 5.88. The van der Waals surface area contributed by atoms with Crippen LogP contribution in [-0.4, -0.2) is 4.98 Å². The standard InChI is InChI=1S/C11H13N3S/c1-3-7-6(2)14-10-5-11(15-13)9(12)4-8(7)10/h3-5,14H,1,12-13H2,2H3. The molecule has 0 fully saturated rings. The molecule has 2 aromatic rings. The van der Waals surface area contributed by atoms with Gasteiger partial charge < -0.3 is 10.7 Å². The van der Waals surface area contributed by atoms with Gasteiger partial charge in [-0.15, -0.1) is 0 Å². The molecule has 0 aliphatic carbocycles. The van der Waals surface area contributed by atoms with Gasteiger partial charge in [-0.05, 0) is 31.0 Å². The lowest BCUT2D eigenvalue weighted by atomic mass is 10.1. The van der Waals surface area contributed by atoms with Crippen molar-refractivity contribution < 1.29 is 0 Å². The maximum Gasteiger partial charge on any atom is 0.0476 e. The van der Waals surface area contributed by atoms with Crippen LogP contribution >= 0.6 is 11.9 Å². The van der Waals surface area contributed by atoms with Crippen molar-refractivity contribution in [1.82, 2.24) is 4.98 Å². The SMILES string of the molecule is C=Cc1c(C)[nH]c2cc(SN)c(N)cc12. The van der Waals surface area contributed by atoms with Crippen LogP contribution < -0.4 is 10.9 Å². The minimum atomic E-state index is 0.706. The lowest BCUT2D eigenvalue weighted by Gasteiger charge is -2.02. The van der Waals surface area contributed by atoms with Crippen LogP contribution in [0, 0.1) is 6.92 Å². The molecule has 78 valence electrons. The van der Waals surface area contributed by atoms with E-state index in [1.807, 2.05) is 25.1 Å². The van der Waals surface area contributed by atoms with Crippen molar-refractivity contribution in [1.29, 1.82) is 0 Å². The van der Waals surface area contributed by atoms with Crippen molar-refractivity contribution >= 4 is 34.6 Å². The number of aromatic amines is 1. The van der Waals surface area contributed by atoms with E-state index in [0.717, 1.165) is 39.0 Å². The van der Waals surface area contributed by atoms with E-state index < -0.39 is 0 Å². The quantitative estimate of drug-likeness (QED) is 0.537. The summed E-state index contributed by atoms with van der Waals surface area (Å²) >= 11 is 1.16. The molecule has 0 saturated carbocycles. The van der Waals surface area contributed by atoms with Gasteiger partial charge >= 0.3 is 0 Å². The number of anilines is 1. The topological polar surface area (TPSA) is 67.8 Å². The molecular formula is C11H13N3S. The van der Waals surface area contributed by atoms with E-state index in [-0.39, 0.29) is 0 Å². The van der Waals surface area contributed by atoms with E-state index in [0.29, 0.717) is 5.69 Å². The number of aryl methyl sites for hydroxylation is 1. The predicted molar refractivity (Wildman–Crippen MR) is 67.6 cm³/mol. The maximum atomic E-state index is 5.88. The number of fused-ring (bicyclic) bond motifs is 1. The lowest BCUT2D eigenvalue weighted by molar-refractivity contribution is 1.29. The van der Waals surface area contributed by atoms with E-state index in [4.69, 9.17) is 10.9 Å². The number of aromatic nitrogens is 1. The van der Waals surface area contributed by atoms with Crippen molar-refractivity contribution in [3.05, 3.63) is 30.0 Å². The van der Waals surface area contributed by atoms with Gasteiger partial charge in [-0.3, -0.25) is 5.14 Å². The van der Waals surface area contributed by atoms with Gasteiger partial charge in [0.2, 0.25) is 0 Å². The molecular weight excluding hydrogens is 206 g/mol. The van der Waals surface area contributed by atoms with Gasteiger partial charge in [0, 0.05) is 32.7 Å². The molecule has 0 aliphatic rings. The van der Waals surface area contributed by atoms with Crippen LogP contribution in [0.4, 0.5) is 5.69 Å². The van der Waals surface area contributed by atoms with Crippen LogP contribution in [-0.2, 0) is 0 Å². The van der Waals surface area contributed by atoms with E-state index in [1.165, 1.54) is 0 Å². The van der Waals surface area contributed by atoms with Crippen LogP contribution in [0.15, 0.2) is 23.6 Å². The number of nitrogens with two attached hydrogens (primary N) is 2. The molecule has 3 nitrogen and oxygen atoms in total. The highest BCUT2D eigenvalue weighted by Gasteiger charge is 2.08. The second-order valence-electron chi connectivity index (χ2n) is 3.42. The van der Waals surface area contributed by atoms with Crippen molar-refractivity contribution in [3.8, 4) is 0 Å². The lowest BCUT2D eigenvalue weighted by Crippen LogP contribution is -1.90. The zero-order valence-electron chi connectivity index (χ0n) is 8.50. The Morgan fingerprint density at radius 3 is 2.80 bits per heavy atom. The Balaban J connectivity index is 2.81. The average Bonchev–Trinajstić information content (AvgIpc) is 2.51. The number of nitrogens with one attached hydrogen (secondary N) is 1. The smallest absolute Gasteiger partial charge is 0.0476 e. The molecule has 1 aromatic carbocycles. The van der Waals surface area contributed by atoms with Gasteiger partial charge in [0.05, 0.1) is 0 Å². The predicted octanol–water partition coefficient (Wildman–Crippen LogP) is 2.67. The average molecular weight is 219 g/mol. The highest BCUT2D eigenvalue weighted by molar-refractivity contribution is 7.97. The van der Waals surface area contributed by atoms with Gasteiger partial charge in [0.25, 0.3) is 0 Å². The third-order valence-electron chi connectivity index (χ3n) is 2.50. The fraction of sp³-hybridized carbons (Fsp3) is 0.0909. The largest absolute Gasteiger partial charge is 0.398 e. The van der Waals surface area contributed by atoms with Crippen molar-refractivity contribution in [2.45, 2.75) is 11.8 Å². The Kier molecular flexibility index (Phi) is 2.46. The van der Waals surface area contributed by atoms with Gasteiger partial charge in [0.15, 0.2) is 0 Å². The summed E-state index contributed by atoms with van der Waals surface area (Å²) in [6.07, 6.45) is 1.84. The second-order valence-corrected chi connectivity index (χ2v) is 4.10. The third-order valence-corrected chi connectivity index (χ3v) is 3.10. The third kappa shape index (κ3) is 1.52. The zero-order chi connectivity index (χ0) is 11.0. The van der Waals surface area contributed by atoms with E-state index >= 15 is 0 Å². The van der Waals surface area contributed by atoms with Crippen LogP contribution in [0.5, 0.6) is 0 Å². The van der Waals surface area contributed by atoms with E-state index in [1.54, 1.807) is 0 Å². The van der Waals surface area contributed by atoms with Gasteiger partial charge in [0.1, 0.15) is 0 Å². The minimum absolute atomic E-state index is 0.706. The number of benzene rings is 1. The molecule has 1 heterocycles. The van der Waals surface area contributed by atoms with Gasteiger partial charge in [-0.2, -0.15) is 0 Å². The molecule has 1 aromatic heterocycles. The molecule has 0 aliphatic heterocycles. The molecule has 0 saturated heterocycles. The number of hydrogen-bond donors (Lipinski definition) is 3. The van der Waals surface area contributed by atoms with Gasteiger partial charge in [-0.1, -0.05) is 12.7 Å². The first-order chi connectivity index (χ1) is 7.17. The Labute approximate surface area is 92.7 Å². The van der Waals surface area contributed by atoms with Crippen LogP contribution in [0.2, 0.25) is 0 Å². The molecule has 0 unspecified atom stereocenters. The van der Waals surface area contributed by atoms with Crippen molar-refractivity contribution in [3.63, 3.8) is 0 Å². The Bertz CT molecular complexity index is 528. The number of rotatable bonds is 2. The number of nitrogen functional groups attached to an aromatic ring is 1. The molecule has 5 N–H and O–H groups in total. The summed E-state index contributed by atoms with van der Waals surface area (Å²) in [5.74, 6) is 0. The monoisotopic (exact) mass is 219 g/mol. The molecule has 0 amide bonds. The minimum Gasteiger partial charge on any atom is -0.398 e. The Hall–Kier alpha value is -1.39. The molecule has 15 heavy (non-hydrogen) atoms. The summed E-state index contributed by atoms with van der Waals surface area (Å²) in [5.41, 5.74) is 9.83. The highest BCUT2D eigenvalue weighted by Crippen LogP contribution is 2.30. The molecule has 0 bridgehead atoms. The van der Waals surface area contributed by atoms with E-state index in [2.05, 4.69) is 11.6 Å². The first-order valence-corrected chi connectivity index (χ1v) is 5.46. The summed E-state index contributed by atoms with van der Waals surface area (Å²) in [4.78, 5) is 4.17. The molecule has 4 heteroatoms. The van der Waals surface area contributed by atoms with Crippen LogP contribution in [0.1, 0.15) is 11.3 Å². The summed E-state index contributed by atoms with van der Waals surface area (Å²) in [6.45, 7) is 5.81. The summed E-state index contributed by atoms with van der Waals surface area (Å²) in [7, 11) is 0. The van der Waals surface area contributed by atoms with E-state index in [9.17, 15) is 0 Å². The zero-order valence-corrected chi connectivity index (χ0v) is 9.32. The number of H-pyrrole nitrogens is 1. The number of hydrogen-bond acceptors (Lipinski definition) is 3. The van der Waals surface area contributed by atoms with Crippen molar-refractivity contribution in [2.24, 2.45) is 5.14 Å². The highest BCUT2D eigenvalue weighted by atomic mass is 32.2. The molecule has 0 radical (unpaired) electrons. The van der Waals surface area contributed by atoms with Crippen LogP contribution in [0.25, 0.3) is 17.0 Å². The second kappa shape index (κ2) is 3.64. The molecule has 0 atom stereocenters. The summed E-state index contributed by atoms with van der Waals surface area (Å²) in [6, 6.07) is 3.90. The fourth-order valence-electron chi connectivity index (χ4n) is 1.76. The Morgan fingerprint density at radius 1 is 1.47 bits per heavy atom. The first kappa shape index (κ1) is 10.1. The normalized spacial score (nSPS) is 10.8. The molecule has 2 rings (SSSR count). The van der Waals surface area contributed by atoms with Gasteiger partial charge in [-0.25, -0.2) is 0 Å². The Morgan fingerprint density at radius 2 is 2.20 bits per heavy atom. The first-order valence-electron chi connectivity index (χ1n) is 4.58. The summed E-state index contributed by atoms with van der Waals surface area (Å²) < 4.78 is 0. The van der Waals surface area contributed by atoms with Crippen molar-refractivity contribution in [2.75, 3.05) is 5.73 Å². The fourth-order valence-corrected chi connectivity index (χ4v) is 2.14. The summed E-state index contributed by atoms with van der Waals surface area (Å²) in [5, 5.41) is 6.62. The van der Waals surface area contributed by atoms with Crippen LogP contribution in [0.3, 0.4) is 0 Å².